The monoisotopic (exact) mass is 230 g/mol. The maximum Gasteiger partial charge on any atom is 0.260 e. The van der Waals surface area contributed by atoms with Gasteiger partial charge in [-0.3, -0.25) is 0 Å². The number of aromatic nitrogens is 2. The number of hydrogen-bond acceptors (Lipinski definition) is 4. The van der Waals surface area contributed by atoms with Crippen molar-refractivity contribution < 1.29 is 8.42 Å². The maximum absolute atomic E-state index is 12.0. The van der Waals surface area contributed by atoms with Crippen molar-refractivity contribution in [1.82, 2.24) is 19.6 Å². The van der Waals surface area contributed by atoms with E-state index in [1.54, 1.807) is 0 Å². The molecule has 1 aliphatic heterocycles. The summed E-state index contributed by atoms with van der Waals surface area (Å²) in [4.78, 5) is 6.35. The van der Waals surface area contributed by atoms with E-state index in [1.807, 2.05) is 6.92 Å². The molecule has 2 heterocycles. The lowest BCUT2D eigenvalue weighted by Gasteiger charge is -2.30. The number of nitrogens with zero attached hydrogens (tertiary/aromatic N) is 2. The number of rotatable bonds is 2. The lowest BCUT2D eigenvalue weighted by molar-refractivity contribution is 0.309. The van der Waals surface area contributed by atoms with Gasteiger partial charge in [-0.1, -0.05) is 0 Å². The summed E-state index contributed by atoms with van der Waals surface area (Å²) in [5.41, 5.74) is 0. The summed E-state index contributed by atoms with van der Waals surface area (Å²) in [6.07, 6.45) is 2.71. The Balaban J connectivity index is 2.22. The highest BCUT2D eigenvalue weighted by Crippen LogP contribution is 2.13. The van der Waals surface area contributed by atoms with Crippen molar-refractivity contribution in [3.63, 3.8) is 0 Å². The molecule has 15 heavy (non-hydrogen) atoms. The Bertz CT molecular complexity index is 414. The van der Waals surface area contributed by atoms with Gasteiger partial charge in [-0.25, -0.2) is 13.4 Å². The molecule has 7 heteroatoms. The topological polar surface area (TPSA) is 78.1 Å². The fraction of sp³-hybridized carbons (Fsp3) is 0.625. The third kappa shape index (κ3) is 2.04. The van der Waals surface area contributed by atoms with Gasteiger partial charge in [0.1, 0.15) is 0 Å². The largest absolute Gasteiger partial charge is 0.335 e. The second-order valence-corrected chi connectivity index (χ2v) is 5.54. The van der Waals surface area contributed by atoms with Gasteiger partial charge in [-0.05, 0) is 6.92 Å². The fourth-order valence-corrected chi connectivity index (χ4v) is 3.06. The van der Waals surface area contributed by atoms with Gasteiger partial charge in [0.25, 0.3) is 10.0 Å². The normalized spacial score (nSPS) is 24.2. The van der Waals surface area contributed by atoms with E-state index in [2.05, 4.69) is 15.3 Å². The van der Waals surface area contributed by atoms with Crippen molar-refractivity contribution in [1.29, 1.82) is 0 Å². The molecule has 1 aromatic rings. The van der Waals surface area contributed by atoms with Crippen LogP contribution in [0.3, 0.4) is 0 Å². The van der Waals surface area contributed by atoms with Crippen molar-refractivity contribution in [2.45, 2.75) is 18.0 Å². The number of aromatic amines is 1. The first-order chi connectivity index (χ1) is 7.10. The molecule has 0 aliphatic carbocycles. The zero-order valence-corrected chi connectivity index (χ0v) is 9.29. The molecular weight excluding hydrogens is 216 g/mol. The molecule has 0 aromatic carbocycles. The third-order valence-electron chi connectivity index (χ3n) is 2.42. The van der Waals surface area contributed by atoms with Crippen molar-refractivity contribution in [3.8, 4) is 0 Å². The number of hydrogen-bond donors (Lipinski definition) is 2. The molecule has 6 nitrogen and oxygen atoms in total. The van der Waals surface area contributed by atoms with Crippen molar-refractivity contribution in [2.24, 2.45) is 0 Å². The molecule has 1 fully saturated rings. The summed E-state index contributed by atoms with van der Waals surface area (Å²) in [5, 5.41) is 3.36. The van der Waals surface area contributed by atoms with Gasteiger partial charge < -0.3 is 10.3 Å². The van der Waals surface area contributed by atoms with Crippen LogP contribution in [0, 0.1) is 0 Å². The Hall–Kier alpha value is -0.920. The quantitative estimate of drug-likeness (QED) is 0.710. The number of sulfonamides is 1. The summed E-state index contributed by atoms with van der Waals surface area (Å²) in [6.45, 7) is 3.66. The minimum absolute atomic E-state index is 0.164. The zero-order valence-electron chi connectivity index (χ0n) is 8.47. The number of imidazole rings is 1. The van der Waals surface area contributed by atoms with Crippen LogP contribution < -0.4 is 5.32 Å². The molecule has 1 aromatic heterocycles. The second kappa shape index (κ2) is 3.92. The van der Waals surface area contributed by atoms with Crippen LogP contribution in [-0.4, -0.2) is 48.4 Å². The standard InChI is InChI=1S/C8H14N4O2S/c1-7-5-12(3-2-10-7)15(13,14)8-4-9-6-11-8/h4,6-7,10H,2-3,5H2,1H3,(H,9,11)/t7-/m1/s1. The molecule has 0 bridgehead atoms. The van der Waals surface area contributed by atoms with E-state index in [-0.39, 0.29) is 11.1 Å². The fourth-order valence-electron chi connectivity index (χ4n) is 1.64. The van der Waals surface area contributed by atoms with Gasteiger partial charge in [0.05, 0.1) is 12.5 Å². The average molecular weight is 230 g/mol. The number of piperazine rings is 1. The van der Waals surface area contributed by atoms with Crippen molar-refractivity contribution in [2.75, 3.05) is 19.6 Å². The Kier molecular flexibility index (Phi) is 2.76. The summed E-state index contributed by atoms with van der Waals surface area (Å²) < 4.78 is 25.5. The van der Waals surface area contributed by atoms with Gasteiger partial charge in [0, 0.05) is 25.7 Å². The van der Waals surface area contributed by atoms with E-state index in [0.29, 0.717) is 19.6 Å². The van der Waals surface area contributed by atoms with Crippen LogP contribution in [0.5, 0.6) is 0 Å². The molecule has 0 radical (unpaired) electrons. The minimum Gasteiger partial charge on any atom is -0.335 e. The molecule has 0 unspecified atom stereocenters. The van der Waals surface area contributed by atoms with Gasteiger partial charge in [0.2, 0.25) is 0 Å². The predicted molar refractivity (Wildman–Crippen MR) is 54.8 cm³/mol. The Morgan fingerprint density at radius 2 is 2.40 bits per heavy atom. The van der Waals surface area contributed by atoms with Gasteiger partial charge in [0.15, 0.2) is 5.03 Å². The molecule has 0 amide bonds. The van der Waals surface area contributed by atoms with E-state index in [0.717, 1.165) is 0 Å². The van der Waals surface area contributed by atoms with Crippen molar-refractivity contribution >= 4 is 10.0 Å². The van der Waals surface area contributed by atoms with E-state index in [4.69, 9.17) is 0 Å². The molecule has 84 valence electrons. The Morgan fingerprint density at radius 1 is 1.60 bits per heavy atom. The van der Waals surface area contributed by atoms with Crippen LogP contribution in [0.4, 0.5) is 0 Å². The van der Waals surface area contributed by atoms with Gasteiger partial charge >= 0.3 is 0 Å². The van der Waals surface area contributed by atoms with Gasteiger partial charge in [-0.15, -0.1) is 0 Å². The maximum atomic E-state index is 12.0. The van der Waals surface area contributed by atoms with Crippen LogP contribution in [0.2, 0.25) is 0 Å². The van der Waals surface area contributed by atoms with E-state index in [9.17, 15) is 8.42 Å². The first-order valence-electron chi connectivity index (χ1n) is 4.82. The second-order valence-electron chi connectivity index (χ2n) is 3.63. The summed E-state index contributed by atoms with van der Waals surface area (Å²) >= 11 is 0. The smallest absolute Gasteiger partial charge is 0.260 e. The molecule has 0 spiro atoms. The number of nitrogens with one attached hydrogen (secondary N) is 2. The van der Waals surface area contributed by atoms with Crippen molar-refractivity contribution in [3.05, 3.63) is 12.5 Å². The highest BCUT2D eigenvalue weighted by atomic mass is 32.2. The third-order valence-corrected chi connectivity index (χ3v) is 4.21. The minimum atomic E-state index is -3.38. The van der Waals surface area contributed by atoms with E-state index < -0.39 is 10.0 Å². The summed E-state index contributed by atoms with van der Waals surface area (Å²) in [7, 11) is -3.38. The predicted octanol–water partition coefficient (Wildman–Crippen LogP) is -0.608. The van der Waals surface area contributed by atoms with Crippen LogP contribution in [-0.2, 0) is 10.0 Å². The van der Waals surface area contributed by atoms with Gasteiger partial charge in [-0.2, -0.15) is 4.31 Å². The molecule has 2 N–H and O–H groups in total. The molecular formula is C8H14N4O2S. The highest BCUT2D eigenvalue weighted by molar-refractivity contribution is 7.89. The van der Waals surface area contributed by atoms with E-state index in [1.165, 1.54) is 16.8 Å². The van der Waals surface area contributed by atoms with Crippen LogP contribution in [0.15, 0.2) is 17.6 Å². The Morgan fingerprint density at radius 3 is 3.00 bits per heavy atom. The SMILES string of the molecule is C[C@@H]1CN(S(=O)(=O)c2cnc[nH]2)CCN1. The lowest BCUT2D eigenvalue weighted by atomic mass is 10.3. The zero-order chi connectivity index (χ0) is 10.9. The van der Waals surface area contributed by atoms with Crippen LogP contribution in [0.1, 0.15) is 6.92 Å². The molecule has 1 saturated heterocycles. The summed E-state index contributed by atoms with van der Waals surface area (Å²) in [5.74, 6) is 0. The first kappa shape index (κ1) is 10.6. The molecule has 0 saturated carbocycles. The first-order valence-corrected chi connectivity index (χ1v) is 6.26. The number of H-pyrrole nitrogens is 1. The molecule has 2 rings (SSSR count). The van der Waals surface area contributed by atoms with E-state index >= 15 is 0 Å². The molecule has 1 aliphatic rings. The van der Waals surface area contributed by atoms with Crippen LogP contribution in [0.25, 0.3) is 0 Å². The highest BCUT2D eigenvalue weighted by Gasteiger charge is 2.29. The Labute approximate surface area is 88.7 Å². The average Bonchev–Trinajstić information content (AvgIpc) is 2.71. The molecule has 1 atom stereocenters. The summed E-state index contributed by atoms with van der Waals surface area (Å²) in [6, 6.07) is 0.191. The van der Waals surface area contributed by atoms with Crippen LogP contribution >= 0.6 is 0 Å². The lowest BCUT2D eigenvalue weighted by Crippen LogP contribution is -2.51.